The average molecular weight is 1030 g/mol. The molecule has 2 amide bonds. The van der Waals surface area contributed by atoms with Crippen molar-refractivity contribution in [2.45, 2.75) is 73.5 Å². The summed E-state index contributed by atoms with van der Waals surface area (Å²) < 4.78 is 77.5. The Bertz CT molecular complexity index is 2630. The van der Waals surface area contributed by atoms with Gasteiger partial charge in [-0.15, -0.1) is 0 Å². The lowest BCUT2D eigenvalue weighted by Crippen LogP contribution is -2.41. The molecule has 0 radical (unpaired) electrons. The highest BCUT2D eigenvalue weighted by molar-refractivity contribution is 9.10. The minimum absolute atomic E-state index is 0.0288. The number of hydrogen-bond donors (Lipinski definition) is 3. The van der Waals surface area contributed by atoms with Crippen molar-refractivity contribution in [1.29, 1.82) is 0 Å². The number of halogens is 1. The van der Waals surface area contributed by atoms with Gasteiger partial charge in [0.15, 0.2) is 0 Å². The summed E-state index contributed by atoms with van der Waals surface area (Å²) in [5, 5.41) is 10.4. The number of primary amides is 2. The lowest BCUT2D eigenvalue weighted by Gasteiger charge is -2.23. The molecule has 2 aromatic heterocycles. The van der Waals surface area contributed by atoms with Crippen LogP contribution in [0.5, 0.6) is 23.0 Å². The van der Waals surface area contributed by atoms with Crippen LogP contribution in [-0.2, 0) is 61.4 Å². The van der Waals surface area contributed by atoms with E-state index in [2.05, 4.69) is 31.2 Å². The molecule has 0 bridgehead atoms. The van der Waals surface area contributed by atoms with Gasteiger partial charge >= 0.3 is 0 Å². The molecule has 0 aliphatic rings. The van der Waals surface area contributed by atoms with Gasteiger partial charge in [0.2, 0.25) is 31.9 Å². The van der Waals surface area contributed by atoms with E-state index in [0.29, 0.717) is 11.5 Å². The summed E-state index contributed by atoms with van der Waals surface area (Å²) >= 11 is 3.07. The molecular formula is C46H57BrN8O10S2. The molecule has 2 heterocycles. The van der Waals surface area contributed by atoms with Crippen molar-refractivity contribution in [2.24, 2.45) is 11.5 Å². The lowest BCUT2D eigenvalue weighted by molar-refractivity contribution is -0.125. The normalized spacial score (nSPS) is 11.7. The number of carbonyl (C=O) groups is 2. The van der Waals surface area contributed by atoms with Gasteiger partial charge in [-0.3, -0.25) is 19.4 Å². The van der Waals surface area contributed by atoms with E-state index in [9.17, 15) is 26.4 Å². The van der Waals surface area contributed by atoms with Crippen molar-refractivity contribution in [3.8, 4) is 23.0 Å². The number of carbonyl (C=O) groups excluding carboxylic acids is 2. The first-order valence-electron chi connectivity index (χ1n) is 20.4. The third-order valence-corrected chi connectivity index (χ3v) is 14.0. The topological polar surface area (TPSA) is 244 Å². The number of amides is 2. The van der Waals surface area contributed by atoms with Crippen LogP contribution >= 0.6 is 15.9 Å². The van der Waals surface area contributed by atoms with Crippen LogP contribution in [-0.4, -0.2) is 90.0 Å². The van der Waals surface area contributed by atoms with Crippen molar-refractivity contribution in [1.82, 2.24) is 28.6 Å². The largest absolute Gasteiger partial charge is 0.497 e. The summed E-state index contributed by atoms with van der Waals surface area (Å²) in [4.78, 5) is 22.1. The Labute approximate surface area is 400 Å². The zero-order chi connectivity index (χ0) is 49.6. The van der Waals surface area contributed by atoms with Crippen LogP contribution in [0.2, 0.25) is 0 Å². The van der Waals surface area contributed by atoms with Crippen molar-refractivity contribution >= 4 is 47.8 Å². The number of alkyl halides is 1. The van der Waals surface area contributed by atoms with Crippen molar-refractivity contribution in [3.63, 3.8) is 0 Å². The zero-order valence-corrected chi connectivity index (χ0v) is 41.8. The molecule has 0 fully saturated rings. The van der Waals surface area contributed by atoms with Crippen LogP contribution in [0.1, 0.15) is 49.9 Å². The number of nitrogens with zero attached hydrogens (tertiary/aromatic N) is 5. The van der Waals surface area contributed by atoms with Gasteiger partial charge in [-0.1, -0.05) is 64.5 Å². The van der Waals surface area contributed by atoms with Gasteiger partial charge in [-0.2, -0.15) is 18.8 Å². The molecule has 360 valence electrons. The minimum Gasteiger partial charge on any atom is -0.497 e. The molecule has 0 saturated heterocycles. The second-order valence-corrected chi connectivity index (χ2v) is 21.6. The van der Waals surface area contributed by atoms with Gasteiger partial charge in [0, 0.05) is 38.6 Å². The fourth-order valence-corrected chi connectivity index (χ4v) is 8.40. The molecule has 18 nitrogen and oxygen atoms in total. The number of aromatic nitrogens is 4. The van der Waals surface area contributed by atoms with Gasteiger partial charge in [-0.25, -0.2) is 16.8 Å². The Morgan fingerprint density at radius 1 is 0.582 bits per heavy atom. The Kier molecular flexibility index (Phi) is 18.7. The third-order valence-electron chi connectivity index (χ3n) is 10.1. The summed E-state index contributed by atoms with van der Waals surface area (Å²) in [6.45, 7) is 7.26. The average Bonchev–Trinajstić information content (AvgIpc) is 4.05. The van der Waals surface area contributed by atoms with Crippen LogP contribution in [0.4, 0.5) is 0 Å². The minimum atomic E-state index is -3.96. The molecule has 0 aliphatic heterocycles. The van der Waals surface area contributed by atoms with E-state index < -0.39 is 35.8 Å². The van der Waals surface area contributed by atoms with E-state index >= 15 is 0 Å². The highest BCUT2D eigenvalue weighted by atomic mass is 79.9. The number of sulfonamides is 2. The van der Waals surface area contributed by atoms with E-state index in [1.54, 1.807) is 80.4 Å². The molecule has 0 spiro atoms. The number of hydrogen-bond acceptors (Lipinski definition) is 12. The Balaban J connectivity index is 0.000000260. The molecule has 0 atom stereocenters. The van der Waals surface area contributed by atoms with E-state index in [1.165, 1.54) is 38.1 Å². The smallest absolute Gasteiger partial charge is 0.246 e. The Morgan fingerprint density at radius 3 is 1.15 bits per heavy atom. The number of H-pyrrole nitrogens is 1. The number of nitrogens with two attached hydrogens (primary N) is 2. The Morgan fingerprint density at radius 2 is 0.896 bits per heavy atom. The maximum atomic E-state index is 13.6. The third kappa shape index (κ3) is 14.9. The summed E-state index contributed by atoms with van der Waals surface area (Å²) in [7, 11) is -1.34. The molecular weight excluding hydrogens is 969 g/mol. The number of aromatic amines is 1. The summed E-state index contributed by atoms with van der Waals surface area (Å²) in [5.41, 5.74) is 12.5. The molecule has 0 aliphatic carbocycles. The van der Waals surface area contributed by atoms with Gasteiger partial charge < -0.3 is 30.4 Å². The molecule has 0 saturated carbocycles. The first-order valence-corrected chi connectivity index (χ1v) is 24.1. The molecule has 67 heavy (non-hydrogen) atoms. The van der Waals surface area contributed by atoms with Gasteiger partial charge in [0.05, 0.1) is 45.2 Å². The first kappa shape index (κ1) is 53.4. The predicted molar refractivity (Wildman–Crippen MR) is 256 cm³/mol. The maximum absolute atomic E-state index is 13.6. The van der Waals surface area contributed by atoms with Crippen molar-refractivity contribution in [3.05, 3.63) is 144 Å². The predicted octanol–water partition coefficient (Wildman–Crippen LogP) is 5.98. The van der Waals surface area contributed by atoms with Gasteiger partial charge in [0.25, 0.3) is 0 Å². The Hall–Kier alpha value is -6.26. The van der Waals surface area contributed by atoms with Crippen molar-refractivity contribution in [2.75, 3.05) is 28.4 Å². The van der Waals surface area contributed by atoms with E-state index in [4.69, 9.17) is 30.4 Å². The second-order valence-electron chi connectivity index (χ2n) is 15.8. The van der Waals surface area contributed by atoms with Crippen LogP contribution in [0.15, 0.2) is 132 Å². The van der Waals surface area contributed by atoms with E-state index in [-0.39, 0.29) is 41.9 Å². The van der Waals surface area contributed by atoms with Gasteiger partial charge in [-0.05, 0) is 98.5 Å². The van der Waals surface area contributed by atoms with Gasteiger partial charge in [0.1, 0.15) is 38.3 Å². The molecule has 6 rings (SSSR count). The van der Waals surface area contributed by atoms with Crippen molar-refractivity contribution < 1.29 is 45.4 Å². The fraction of sp³-hybridized carbons (Fsp3) is 0.304. The lowest BCUT2D eigenvalue weighted by atomic mass is 10.1. The van der Waals surface area contributed by atoms with Crippen LogP contribution in [0, 0.1) is 0 Å². The summed E-state index contributed by atoms with van der Waals surface area (Å²) in [6.07, 6.45) is 5.25. The SMILES string of the molecule is CC(C)(Br)C(N)=O.COc1ccc(CN(Cc2ccc(OC)cc2)S(=O)(=O)c2cn[nH]c2)cc1.COc1ccc(CN(Cc2ccc(OC)cc2)S(=O)(=O)c2cnn(C(C)(C)C(N)=O)c2)cc1. The van der Waals surface area contributed by atoms with E-state index in [0.717, 1.165) is 33.8 Å². The molecule has 21 heteroatoms. The first-order chi connectivity index (χ1) is 31.5. The fourth-order valence-electron chi connectivity index (χ4n) is 5.73. The van der Waals surface area contributed by atoms with Crippen LogP contribution in [0.3, 0.4) is 0 Å². The highest BCUT2D eigenvalue weighted by Crippen LogP contribution is 2.26. The molecule has 6 aromatic rings. The van der Waals surface area contributed by atoms with Crippen LogP contribution < -0.4 is 30.4 Å². The number of ether oxygens (including phenoxy) is 4. The van der Waals surface area contributed by atoms with E-state index in [1.807, 2.05) is 72.8 Å². The second kappa shape index (κ2) is 23.5. The monoisotopic (exact) mass is 1020 g/mol. The molecule has 5 N–H and O–H groups in total. The number of nitrogens with one attached hydrogen (secondary N) is 1. The summed E-state index contributed by atoms with van der Waals surface area (Å²) in [5.74, 6) is 1.84. The number of methoxy groups -OCH3 is 4. The number of benzene rings is 4. The summed E-state index contributed by atoms with van der Waals surface area (Å²) in [6, 6.07) is 29.0. The standard InChI is InChI=1S/C23H28N4O5S.C19H21N3O4S.C4H8BrNO/c1-23(2,22(24)28)27-16-21(13-25-27)33(29,30)26(14-17-5-9-19(31-3)10-6-17)15-18-7-11-20(32-4)12-8-18;1-25-17-7-3-15(4-8-17)13-22(27(23,24)19-11-20-21-12-19)14-16-5-9-18(26-2)10-6-16;1-4(2,5)3(6)7/h5-13,16H,14-15H2,1-4H3,(H2,24,28);3-12H,13-14H2,1-2H3,(H,20,21);1-2H3,(H2,6,7). The molecule has 0 unspecified atom stereocenters. The zero-order valence-electron chi connectivity index (χ0n) is 38.5. The quantitative estimate of drug-likeness (QED) is 0.0795. The molecule has 4 aromatic carbocycles. The van der Waals surface area contributed by atoms with Crippen LogP contribution in [0.25, 0.3) is 0 Å². The maximum Gasteiger partial charge on any atom is 0.246 e. The highest BCUT2D eigenvalue weighted by Gasteiger charge is 2.32. The number of rotatable bonds is 19.